The first-order valence-electron chi connectivity index (χ1n) is 3.75. The molecule has 1 aliphatic rings. The van der Waals surface area contributed by atoms with Crippen molar-refractivity contribution in [1.29, 1.82) is 0 Å². The van der Waals surface area contributed by atoms with Crippen molar-refractivity contribution in [3.8, 4) is 0 Å². The number of aryl methyl sites for hydroxylation is 1. The average Bonchev–Trinajstić information content (AvgIpc) is 2.41. The first-order valence-corrected chi connectivity index (χ1v) is 3.75. The zero-order chi connectivity index (χ0) is 8.72. The molecule has 2 rings (SSSR count). The maximum atomic E-state index is 11.1. The second-order valence-electron chi connectivity index (χ2n) is 2.91. The number of hydrogen-bond acceptors (Lipinski definition) is 3. The van der Waals surface area contributed by atoms with Crippen LogP contribution in [0, 0.1) is 6.92 Å². The molecule has 0 unspecified atom stereocenters. The quantitative estimate of drug-likeness (QED) is 0.462. The van der Waals surface area contributed by atoms with Crippen LogP contribution in [-0.4, -0.2) is 5.97 Å². The molecule has 3 heteroatoms. The molecule has 0 radical (unpaired) electrons. The molecule has 1 aromatic rings. The van der Waals surface area contributed by atoms with E-state index in [0.717, 1.165) is 11.1 Å². The number of benzene rings is 1. The number of carbonyl (C=O) groups excluding carboxylic acids is 1. The molecule has 0 amide bonds. The molecule has 0 bridgehead atoms. The average molecular weight is 163 g/mol. The number of hydrogen-bond donors (Lipinski definition) is 1. The lowest BCUT2D eigenvalue weighted by Gasteiger charge is -2.02. The Morgan fingerprint density at radius 1 is 1.50 bits per heavy atom. The van der Waals surface area contributed by atoms with Gasteiger partial charge in [-0.2, -0.15) is 0 Å². The maximum Gasteiger partial charge on any atom is 0.340 e. The summed E-state index contributed by atoms with van der Waals surface area (Å²) in [5.41, 5.74) is 8.64. The molecule has 2 N–H and O–H groups in total. The summed E-state index contributed by atoms with van der Waals surface area (Å²) in [6, 6.07) is 3.78. The Morgan fingerprint density at radius 3 is 3.00 bits per heavy atom. The highest BCUT2D eigenvalue weighted by molar-refractivity contribution is 5.99. The molecule has 0 saturated carbocycles. The summed E-state index contributed by atoms with van der Waals surface area (Å²) in [6.45, 7) is 2.24. The van der Waals surface area contributed by atoms with Crippen LogP contribution in [0.1, 0.15) is 21.5 Å². The van der Waals surface area contributed by atoms with Crippen molar-refractivity contribution in [2.24, 2.45) is 0 Å². The van der Waals surface area contributed by atoms with Gasteiger partial charge in [0.25, 0.3) is 0 Å². The number of esters is 1. The Morgan fingerprint density at radius 2 is 2.25 bits per heavy atom. The zero-order valence-electron chi connectivity index (χ0n) is 6.76. The van der Waals surface area contributed by atoms with Gasteiger partial charge in [-0.3, -0.25) is 0 Å². The van der Waals surface area contributed by atoms with Crippen LogP contribution in [-0.2, 0) is 11.3 Å². The van der Waals surface area contributed by atoms with Crippen LogP contribution in [0.4, 0.5) is 5.69 Å². The first kappa shape index (κ1) is 7.16. The molecule has 0 aromatic heterocycles. The summed E-state index contributed by atoms with van der Waals surface area (Å²) in [7, 11) is 0. The molecular weight excluding hydrogens is 154 g/mol. The number of carbonyl (C=O) groups is 1. The standard InChI is InChI=1S/C9H9NO2/c1-5-2-3-6-4-12-9(11)7(6)8(5)10/h2-3H,4,10H2,1H3. The lowest BCUT2D eigenvalue weighted by atomic mass is 10.0. The summed E-state index contributed by atoms with van der Waals surface area (Å²) in [6.07, 6.45) is 0. The number of cyclic esters (lactones) is 1. The number of anilines is 1. The summed E-state index contributed by atoms with van der Waals surface area (Å²) in [5, 5.41) is 0. The minimum Gasteiger partial charge on any atom is -0.457 e. The van der Waals surface area contributed by atoms with Gasteiger partial charge in [0.1, 0.15) is 6.61 Å². The second-order valence-corrected chi connectivity index (χ2v) is 2.91. The van der Waals surface area contributed by atoms with Crippen LogP contribution in [0.3, 0.4) is 0 Å². The maximum absolute atomic E-state index is 11.1. The van der Waals surface area contributed by atoms with Gasteiger partial charge in [-0.25, -0.2) is 4.79 Å². The van der Waals surface area contributed by atoms with E-state index in [1.165, 1.54) is 0 Å². The molecule has 1 aromatic carbocycles. The van der Waals surface area contributed by atoms with E-state index < -0.39 is 0 Å². The van der Waals surface area contributed by atoms with Crippen molar-refractivity contribution in [1.82, 2.24) is 0 Å². The van der Waals surface area contributed by atoms with E-state index >= 15 is 0 Å². The Kier molecular flexibility index (Phi) is 1.33. The SMILES string of the molecule is Cc1ccc2c(c1N)C(=O)OC2. The Hall–Kier alpha value is -1.51. The zero-order valence-corrected chi connectivity index (χ0v) is 6.76. The van der Waals surface area contributed by atoms with Gasteiger partial charge in [-0.1, -0.05) is 12.1 Å². The van der Waals surface area contributed by atoms with E-state index in [2.05, 4.69) is 0 Å². The first-order chi connectivity index (χ1) is 5.70. The molecule has 12 heavy (non-hydrogen) atoms. The molecule has 62 valence electrons. The fraction of sp³-hybridized carbons (Fsp3) is 0.222. The molecule has 0 saturated heterocycles. The summed E-state index contributed by atoms with van der Waals surface area (Å²) in [4.78, 5) is 11.1. The van der Waals surface area contributed by atoms with Gasteiger partial charge in [0, 0.05) is 11.3 Å². The third-order valence-corrected chi connectivity index (χ3v) is 2.11. The third kappa shape index (κ3) is 0.794. The number of nitrogens with two attached hydrogens (primary N) is 1. The largest absolute Gasteiger partial charge is 0.457 e. The van der Waals surface area contributed by atoms with Gasteiger partial charge >= 0.3 is 5.97 Å². The van der Waals surface area contributed by atoms with Gasteiger partial charge in [0.05, 0.1) is 5.56 Å². The van der Waals surface area contributed by atoms with Gasteiger partial charge < -0.3 is 10.5 Å². The van der Waals surface area contributed by atoms with Crippen molar-refractivity contribution < 1.29 is 9.53 Å². The van der Waals surface area contributed by atoms with Crippen LogP contribution in [0.5, 0.6) is 0 Å². The minimum absolute atomic E-state index is 0.300. The van der Waals surface area contributed by atoms with E-state index in [4.69, 9.17) is 10.5 Å². The predicted octanol–water partition coefficient (Wildman–Crippen LogP) is 1.25. The van der Waals surface area contributed by atoms with Crippen molar-refractivity contribution in [3.63, 3.8) is 0 Å². The highest BCUT2D eigenvalue weighted by Crippen LogP contribution is 2.27. The van der Waals surface area contributed by atoms with Gasteiger partial charge in [0.15, 0.2) is 0 Å². The van der Waals surface area contributed by atoms with Crippen molar-refractivity contribution in [3.05, 3.63) is 28.8 Å². The molecule has 0 aliphatic carbocycles. The van der Waals surface area contributed by atoms with Crippen LogP contribution in [0.25, 0.3) is 0 Å². The molecule has 1 aliphatic heterocycles. The van der Waals surface area contributed by atoms with E-state index in [0.29, 0.717) is 17.9 Å². The van der Waals surface area contributed by atoms with Crippen LogP contribution in [0.15, 0.2) is 12.1 Å². The summed E-state index contributed by atoms with van der Waals surface area (Å²) >= 11 is 0. The van der Waals surface area contributed by atoms with Gasteiger partial charge in [-0.15, -0.1) is 0 Å². The Labute approximate surface area is 70.1 Å². The highest BCUT2D eigenvalue weighted by Gasteiger charge is 2.24. The Bertz CT molecular complexity index is 358. The molecule has 0 spiro atoms. The van der Waals surface area contributed by atoms with E-state index in [-0.39, 0.29) is 5.97 Å². The minimum atomic E-state index is -0.300. The number of nitrogen functional groups attached to an aromatic ring is 1. The van der Waals surface area contributed by atoms with Crippen molar-refractivity contribution in [2.45, 2.75) is 13.5 Å². The fourth-order valence-corrected chi connectivity index (χ4v) is 1.35. The fourth-order valence-electron chi connectivity index (χ4n) is 1.35. The molecule has 3 nitrogen and oxygen atoms in total. The monoisotopic (exact) mass is 163 g/mol. The third-order valence-electron chi connectivity index (χ3n) is 2.11. The molecule has 1 heterocycles. The topological polar surface area (TPSA) is 52.3 Å². The predicted molar refractivity (Wildman–Crippen MR) is 44.7 cm³/mol. The number of rotatable bonds is 0. The van der Waals surface area contributed by atoms with E-state index in [1.54, 1.807) is 0 Å². The van der Waals surface area contributed by atoms with Crippen LogP contribution < -0.4 is 5.73 Å². The van der Waals surface area contributed by atoms with Crippen molar-refractivity contribution >= 4 is 11.7 Å². The summed E-state index contributed by atoms with van der Waals surface area (Å²) in [5.74, 6) is -0.300. The molecule has 0 atom stereocenters. The summed E-state index contributed by atoms with van der Waals surface area (Å²) < 4.78 is 4.84. The highest BCUT2D eigenvalue weighted by atomic mass is 16.5. The molecular formula is C9H9NO2. The van der Waals surface area contributed by atoms with Gasteiger partial charge in [-0.05, 0) is 12.5 Å². The van der Waals surface area contributed by atoms with E-state index in [1.807, 2.05) is 19.1 Å². The number of fused-ring (bicyclic) bond motifs is 1. The lowest BCUT2D eigenvalue weighted by molar-refractivity contribution is 0.0536. The van der Waals surface area contributed by atoms with Crippen molar-refractivity contribution in [2.75, 3.05) is 5.73 Å². The normalized spacial score (nSPS) is 14.2. The second kappa shape index (κ2) is 2.24. The molecule has 0 fully saturated rings. The number of ether oxygens (including phenoxy) is 1. The van der Waals surface area contributed by atoms with Crippen LogP contribution >= 0.6 is 0 Å². The lowest BCUT2D eigenvalue weighted by Crippen LogP contribution is -2.01. The van der Waals surface area contributed by atoms with Gasteiger partial charge in [0.2, 0.25) is 0 Å². The van der Waals surface area contributed by atoms with E-state index in [9.17, 15) is 4.79 Å². The smallest absolute Gasteiger partial charge is 0.340 e. The Balaban J connectivity index is 2.71. The van der Waals surface area contributed by atoms with Crippen LogP contribution in [0.2, 0.25) is 0 Å².